The zero-order valence-corrected chi connectivity index (χ0v) is 19.4. The smallest absolute Gasteiger partial charge is 0.348 e. The van der Waals surface area contributed by atoms with E-state index in [4.69, 9.17) is 0 Å². The lowest BCUT2D eigenvalue weighted by Crippen LogP contribution is -2.41. The maximum atomic E-state index is 13.3. The lowest BCUT2D eigenvalue weighted by Gasteiger charge is -2.26. The third-order valence-corrected chi connectivity index (χ3v) is 6.32. The number of aryl methyl sites for hydroxylation is 1. The number of carbonyl (C=O) groups is 2. The molecule has 7 nitrogen and oxygen atoms in total. The van der Waals surface area contributed by atoms with Gasteiger partial charge in [0, 0.05) is 22.7 Å². The van der Waals surface area contributed by atoms with Crippen LogP contribution in [0.3, 0.4) is 0 Å². The Balaban J connectivity index is 1.52. The molecule has 1 atom stereocenters. The van der Waals surface area contributed by atoms with Gasteiger partial charge in [0.1, 0.15) is 11.9 Å². The van der Waals surface area contributed by atoms with E-state index >= 15 is 0 Å². The molecule has 0 radical (unpaired) electrons. The number of fused-ring (bicyclic) bond motifs is 1. The molecule has 0 spiro atoms. The number of nitrogens with one attached hydrogen (secondary N) is 2. The molecule has 2 heterocycles. The van der Waals surface area contributed by atoms with E-state index in [0.717, 1.165) is 0 Å². The summed E-state index contributed by atoms with van der Waals surface area (Å²) in [6.07, 6.45) is 0.997. The van der Waals surface area contributed by atoms with Gasteiger partial charge in [0.25, 0.3) is 11.5 Å². The molecule has 3 aromatic rings. The first-order chi connectivity index (χ1) is 16.5. The largest absolute Gasteiger partial charge is 0.446 e. The van der Waals surface area contributed by atoms with Crippen LogP contribution in [0.4, 0.5) is 13.2 Å². The van der Waals surface area contributed by atoms with Gasteiger partial charge in [0.2, 0.25) is 5.91 Å². The van der Waals surface area contributed by atoms with E-state index in [0.29, 0.717) is 40.8 Å². The van der Waals surface area contributed by atoms with E-state index in [-0.39, 0.29) is 40.2 Å². The van der Waals surface area contributed by atoms with Gasteiger partial charge in [-0.2, -0.15) is 13.2 Å². The molecule has 1 fully saturated rings. The Hall–Kier alpha value is -3.60. The normalized spacial score (nSPS) is 16.3. The molecule has 2 aromatic carbocycles. The maximum Gasteiger partial charge on any atom is 0.446 e. The van der Waals surface area contributed by atoms with Crippen molar-refractivity contribution in [3.05, 3.63) is 82.0 Å². The van der Waals surface area contributed by atoms with E-state index in [9.17, 15) is 27.6 Å². The molecule has 35 heavy (non-hydrogen) atoms. The minimum atomic E-state index is -4.40. The monoisotopic (exact) mass is 502 g/mol. The van der Waals surface area contributed by atoms with E-state index in [1.165, 1.54) is 28.8 Å². The van der Waals surface area contributed by atoms with Crippen LogP contribution in [-0.4, -0.2) is 26.9 Å². The highest BCUT2D eigenvalue weighted by Crippen LogP contribution is 2.36. The molecule has 11 heteroatoms. The number of alkyl halides is 3. The summed E-state index contributed by atoms with van der Waals surface area (Å²) in [6.45, 7) is 5.52. The summed E-state index contributed by atoms with van der Waals surface area (Å²) in [5, 5.41) is 5.69. The molecular formula is C24H21F3N4O3S. The molecule has 1 unspecified atom stereocenters. The van der Waals surface area contributed by atoms with Crippen molar-refractivity contribution >= 4 is 34.5 Å². The van der Waals surface area contributed by atoms with Crippen molar-refractivity contribution < 1.29 is 22.8 Å². The van der Waals surface area contributed by atoms with E-state index in [1.54, 1.807) is 25.1 Å². The standard InChI is InChI=1S/C24H21F3N4O3S/c1-13-3-10-20(22(33)29-13)31-14(2)30-19-9-4-15(11-18(19)23(31)34)12-28-21(32)16-5-7-17(8-6-16)35-24(25,26)27/h4-9,11,20H,1,3,10,12H2,2H3,(H,28,32)(H,29,33). The average molecular weight is 503 g/mol. The minimum absolute atomic E-state index is 0.0152. The third-order valence-electron chi connectivity index (χ3n) is 5.58. The van der Waals surface area contributed by atoms with E-state index < -0.39 is 17.5 Å². The molecule has 2 amide bonds. The topological polar surface area (TPSA) is 93.1 Å². The van der Waals surface area contributed by atoms with Crippen LogP contribution in [0.5, 0.6) is 0 Å². The number of hydrogen-bond acceptors (Lipinski definition) is 5. The molecule has 0 bridgehead atoms. The second kappa shape index (κ2) is 9.57. The predicted molar refractivity (Wildman–Crippen MR) is 126 cm³/mol. The molecule has 0 aliphatic carbocycles. The van der Waals surface area contributed by atoms with Crippen LogP contribution in [0.15, 0.2) is 64.4 Å². The number of thioether (sulfide) groups is 1. The number of allylic oxidation sites excluding steroid dienone is 1. The highest BCUT2D eigenvalue weighted by Gasteiger charge is 2.29. The first-order valence-corrected chi connectivity index (χ1v) is 11.5. The maximum absolute atomic E-state index is 13.3. The molecule has 1 saturated heterocycles. The first-order valence-electron chi connectivity index (χ1n) is 10.7. The number of rotatable bonds is 5. The zero-order valence-electron chi connectivity index (χ0n) is 18.6. The highest BCUT2D eigenvalue weighted by atomic mass is 32.2. The highest BCUT2D eigenvalue weighted by molar-refractivity contribution is 8.00. The van der Waals surface area contributed by atoms with Gasteiger partial charge < -0.3 is 10.6 Å². The van der Waals surface area contributed by atoms with Crippen molar-refractivity contribution in [3.63, 3.8) is 0 Å². The fraction of sp³-hybridized carbons (Fsp3) is 0.250. The summed E-state index contributed by atoms with van der Waals surface area (Å²) in [5.74, 6) is -0.355. The van der Waals surface area contributed by atoms with Gasteiger partial charge in [-0.25, -0.2) is 4.98 Å². The summed E-state index contributed by atoms with van der Waals surface area (Å²) in [4.78, 5) is 42.6. The average Bonchev–Trinajstić information content (AvgIpc) is 2.78. The molecule has 2 N–H and O–H groups in total. The lowest BCUT2D eigenvalue weighted by molar-refractivity contribution is -0.124. The SMILES string of the molecule is C=C1CCC(n2c(C)nc3ccc(CNC(=O)c4ccc(SC(F)(F)F)cc4)cc3c2=O)C(=O)N1. The van der Waals surface area contributed by atoms with Crippen molar-refractivity contribution in [3.8, 4) is 0 Å². The Kier molecular flexibility index (Phi) is 6.70. The van der Waals surface area contributed by atoms with Crippen LogP contribution in [0, 0.1) is 6.92 Å². The second-order valence-electron chi connectivity index (χ2n) is 8.09. The summed E-state index contributed by atoms with van der Waals surface area (Å²) in [7, 11) is 0. The van der Waals surface area contributed by atoms with Crippen molar-refractivity contribution in [1.29, 1.82) is 0 Å². The number of hydrogen-bond donors (Lipinski definition) is 2. The van der Waals surface area contributed by atoms with Crippen molar-refractivity contribution in [2.45, 2.75) is 42.8 Å². The Morgan fingerprint density at radius 2 is 1.94 bits per heavy atom. The van der Waals surface area contributed by atoms with Crippen LogP contribution in [0.2, 0.25) is 0 Å². The van der Waals surface area contributed by atoms with Gasteiger partial charge in [0.05, 0.1) is 10.9 Å². The van der Waals surface area contributed by atoms with Gasteiger partial charge in [-0.3, -0.25) is 19.0 Å². The molecule has 4 rings (SSSR count). The van der Waals surface area contributed by atoms with Crippen molar-refractivity contribution in [1.82, 2.24) is 20.2 Å². The Morgan fingerprint density at radius 1 is 1.23 bits per heavy atom. The van der Waals surface area contributed by atoms with Crippen molar-refractivity contribution in [2.24, 2.45) is 0 Å². The number of nitrogens with zero attached hydrogens (tertiary/aromatic N) is 2. The van der Waals surface area contributed by atoms with Gasteiger partial charge in [-0.1, -0.05) is 12.6 Å². The zero-order chi connectivity index (χ0) is 25.3. The number of amides is 2. The van der Waals surface area contributed by atoms with Gasteiger partial charge >= 0.3 is 5.51 Å². The predicted octanol–water partition coefficient (Wildman–Crippen LogP) is 4.21. The van der Waals surface area contributed by atoms with Gasteiger partial charge in [-0.05, 0) is 73.5 Å². The van der Waals surface area contributed by atoms with Crippen LogP contribution in [0.1, 0.15) is 40.6 Å². The van der Waals surface area contributed by atoms with Crippen LogP contribution >= 0.6 is 11.8 Å². The summed E-state index contributed by atoms with van der Waals surface area (Å²) in [6, 6.07) is 9.42. The fourth-order valence-corrected chi connectivity index (χ4v) is 4.47. The molecule has 182 valence electrons. The molecule has 0 saturated carbocycles. The number of benzene rings is 2. The quantitative estimate of drug-likeness (QED) is 0.510. The van der Waals surface area contributed by atoms with E-state index in [2.05, 4.69) is 22.2 Å². The number of aromatic nitrogens is 2. The van der Waals surface area contributed by atoms with Crippen LogP contribution in [-0.2, 0) is 11.3 Å². The Bertz CT molecular complexity index is 1380. The second-order valence-corrected chi connectivity index (χ2v) is 9.23. The summed E-state index contributed by atoms with van der Waals surface area (Å²) < 4.78 is 38.8. The third kappa shape index (κ3) is 5.56. The number of piperidine rings is 1. The number of carbonyl (C=O) groups excluding carboxylic acids is 2. The van der Waals surface area contributed by atoms with Crippen LogP contribution in [0.25, 0.3) is 10.9 Å². The minimum Gasteiger partial charge on any atom is -0.348 e. The Labute approximate surface area is 202 Å². The van der Waals surface area contributed by atoms with Crippen molar-refractivity contribution in [2.75, 3.05) is 0 Å². The molecular weight excluding hydrogens is 481 g/mol. The molecule has 1 aromatic heterocycles. The molecule has 1 aliphatic heterocycles. The summed E-state index contributed by atoms with van der Waals surface area (Å²) >= 11 is -0.252. The van der Waals surface area contributed by atoms with E-state index in [1.807, 2.05) is 0 Å². The fourth-order valence-electron chi connectivity index (χ4n) is 3.93. The van der Waals surface area contributed by atoms with Gasteiger partial charge in [-0.15, -0.1) is 0 Å². The van der Waals surface area contributed by atoms with Gasteiger partial charge in [0.15, 0.2) is 0 Å². The lowest BCUT2D eigenvalue weighted by atomic mass is 10.0. The van der Waals surface area contributed by atoms with Crippen LogP contribution < -0.4 is 16.2 Å². The first kappa shape index (κ1) is 24.5. The number of halogens is 3. The summed E-state index contributed by atoms with van der Waals surface area (Å²) in [5.41, 5.74) is -2.84. The Morgan fingerprint density at radius 3 is 2.60 bits per heavy atom. The molecule has 1 aliphatic rings.